The summed E-state index contributed by atoms with van der Waals surface area (Å²) in [4.78, 5) is 16.5. The second kappa shape index (κ2) is 8.19. The minimum atomic E-state index is -0.496. The van der Waals surface area contributed by atoms with Crippen LogP contribution < -0.4 is 0 Å². The first-order valence-electron chi connectivity index (χ1n) is 8.15. The Labute approximate surface area is 156 Å². The molecule has 8 heteroatoms. The molecule has 0 radical (unpaired) electrons. The van der Waals surface area contributed by atoms with Gasteiger partial charge in [-0.3, -0.25) is 14.4 Å². The van der Waals surface area contributed by atoms with E-state index in [0.717, 1.165) is 0 Å². The van der Waals surface area contributed by atoms with E-state index in [0.29, 0.717) is 54.9 Å². The van der Waals surface area contributed by atoms with Crippen LogP contribution in [0, 0.1) is 0 Å². The van der Waals surface area contributed by atoms with Crippen molar-refractivity contribution in [1.29, 1.82) is 0 Å². The molecule has 1 amide bonds. The van der Waals surface area contributed by atoms with Crippen molar-refractivity contribution in [2.24, 2.45) is 0 Å². The topological polar surface area (TPSA) is 61.6 Å². The number of aliphatic hydroxyl groups is 1. The number of nitrogens with zero attached hydrogens (tertiary/aromatic N) is 4. The van der Waals surface area contributed by atoms with Crippen molar-refractivity contribution in [2.75, 3.05) is 32.7 Å². The summed E-state index contributed by atoms with van der Waals surface area (Å²) in [5.74, 6) is -0.107. The van der Waals surface area contributed by atoms with E-state index in [9.17, 15) is 9.90 Å². The summed E-state index contributed by atoms with van der Waals surface area (Å²) >= 11 is 12.1. The first-order valence-corrected chi connectivity index (χ1v) is 8.91. The normalized spacial score (nSPS) is 16.8. The highest BCUT2D eigenvalue weighted by Gasteiger charge is 2.25. The van der Waals surface area contributed by atoms with E-state index >= 15 is 0 Å². The van der Waals surface area contributed by atoms with Crippen LogP contribution in [-0.2, 0) is 6.54 Å². The van der Waals surface area contributed by atoms with Crippen LogP contribution in [0.3, 0.4) is 0 Å². The summed E-state index contributed by atoms with van der Waals surface area (Å²) < 4.78 is 1.71. The highest BCUT2D eigenvalue weighted by atomic mass is 35.5. The molecule has 0 saturated carbocycles. The second-order valence-electron chi connectivity index (χ2n) is 6.08. The maximum atomic E-state index is 12.6. The molecule has 3 rings (SSSR count). The molecule has 1 aliphatic rings. The van der Waals surface area contributed by atoms with Gasteiger partial charge in [0.15, 0.2) is 0 Å². The van der Waals surface area contributed by atoms with Gasteiger partial charge in [0.1, 0.15) is 0 Å². The molecule has 1 saturated heterocycles. The quantitative estimate of drug-likeness (QED) is 0.858. The number of β-amino-alcohol motifs (C(OH)–C–C–N with tert-alkyl or cyclic N) is 1. The molecule has 1 atom stereocenters. The molecule has 1 aromatic heterocycles. The average Bonchev–Trinajstić information content (AvgIpc) is 3.10. The zero-order valence-corrected chi connectivity index (χ0v) is 15.2. The smallest absolute Gasteiger partial charge is 0.255 e. The van der Waals surface area contributed by atoms with Gasteiger partial charge in [-0.1, -0.05) is 29.3 Å². The van der Waals surface area contributed by atoms with Crippen molar-refractivity contribution in [3.05, 3.63) is 52.3 Å². The lowest BCUT2D eigenvalue weighted by Crippen LogP contribution is -2.50. The summed E-state index contributed by atoms with van der Waals surface area (Å²) in [5.41, 5.74) is 0.432. The average molecular weight is 383 g/mol. The maximum absolute atomic E-state index is 12.6. The molecule has 1 N–H and O–H groups in total. The van der Waals surface area contributed by atoms with Crippen molar-refractivity contribution in [3.63, 3.8) is 0 Å². The van der Waals surface area contributed by atoms with Crippen LogP contribution in [0.15, 0.2) is 36.7 Å². The standard InChI is InChI=1S/C17H20Cl2N4O2/c18-15-4-1-3-14(16(15)19)17(25)22-9-7-21(8-10-22)11-13(24)12-23-6-2-5-20-23/h1-6,13,24H,7-12H2/t13-/m1/s1. The van der Waals surface area contributed by atoms with Gasteiger partial charge >= 0.3 is 0 Å². The number of hydrogen-bond acceptors (Lipinski definition) is 4. The third-order valence-corrected chi connectivity index (χ3v) is 5.09. The minimum absolute atomic E-state index is 0.107. The zero-order valence-electron chi connectivity index (χ0n) is 13.7. The van der Waals surface area contributed by atoms with E-state index < -0.39 is 6.10 Å². The first kappa shape index (κ1) is 18.2. The van der Waals surface area contributed by atoms with E-state index in [2.05, 4.69) is 10.00 Å². The Morgan fingerprint density at radius 1 is 1.16 bits per heavy atom. The molecule has 134 valence electrons. The molecule has 25 heavy (non-hydrogen) atoms. The Morgan fingerprint density at radius 3 is 2.60 bits per heavy atom. The number of benzene rings is 1. The molecule has 0 bridgehead atoms. The Kier molecular flexibility index (Phi) is 5.96. The largest absolute Gasteiger partial charge is 0.390 e. The Balaban J connectivity index is 1.51. The van der Waals surface area contributed by atoms with Gasteiger partial charge in [0.05, 0.1) is 28.3 Å². The molecule has 0 spiro atoms. The van der Waals surface area contributed by atoms with Crippen LogP contribution in [0.4, 0.5) is 0 Å². The van der Waals surface area contributed by atoms with E-state index in [1.54, 1.807) is 34.0 Å². The Morgan fingerprint density at radius 2 is 1.92 bits per heavy atom. The fraction of sp³-hybridized carbons (Fsp3) is 0.412. The van der Waals surface area contributed by atoms with Crippen LogP contribution in [0.2, 0.25) is 10.0 Å². The highest BCUT2D eigenvalue weighted by Crippen LogP contribution is 2.26. The summed E-state index contributed by atoms with van der Waals surface area (Å²) in [6.45, 7) is 3.62. The molecule has 1 fully saturated rings. The Hall–Kier alpha value is -1.60. The van der Waals surface area contributed by atoms with Gasteiger partial charge in [-0.2, -0.15) is 5.10 Å². The first-order chi connectivity index (χ1) is 12.0. The fourth-order valence-electron chi connectivity index (χ4n) is 2.95. The summed E-state index contributed by atoms with van der Waals surface area (Å²) in [6.07, 6.45) is 3.02. The number of aromatic nitrogens is 2. The minimum Gasteiger partial charge on any atom is -0.390 e. The van der Waals surface area contributed by atoms with Crippen molar-refractivity contribution in [2.45, 2.75) is 12.6 Å². The van der Waals surface area contributed by atoms with Gasteiger partial charge in [0.25, 0.3) is 5.91 Å². The number of rotatable bonds is 5. The second-order valence-corrected chi connectivity index (χ2v) is 6.86. The molecule has 2 heterocycles. The van der Waals surface area contributed by atoms with Gasteiger partial charge in [0.2, 0.25) is 0 Å². The molecule has 6 nitrogen and oxygen atoms in total. The van der Waals surface area contributed by atoms with Gasteiger partial charge in [-0.25, -0.2) is 0 Å². The number of carbonyl (C=O) groups is 1. The molecule has 0 aliphatic carbocycles. The highest BCUT2D eigenvalue weighted by molar-refractivity contribution is 6.43. The van der Waals surface area contributed by atoms with E-state index in [1.165, 1.54) is 0 Å². The third-order valence-electron chi connectivity index (χ3n) is 4.27. The number of piperazine rings is 1. The van der Waals surface area contributed by atoms with Gasteiger partial charge in [-0.05, 0) is 18.2 Å². The Bertz CT molecular complexity index is 715. The van der Waals surface area contributed by atoms with Crippen molar-refractivity contribution < 1.29 is 9.90 Å². The van der Waals surface area contributed by atoms with Gasteiger partial charge in [-0.15, -0.1) is 0 Å². The number of hydrogen-bond donors (Lipinski definition) is 1. The predicted octanol–water partition coefficient (Wildman–Crippen LogP) is 2.01. The molecule has 1 aromatic carbocycles. The predicted molar refractivity (Wildman–Crippen MR) is 97.0 cm³/mol. The maximum Gasteiger partial charge on any atom is 0.255 e. The van der Waals surface area contributed by atoms with Crippen molar-refractivity contribution in [3.8, 4) is 0 Å². The molecular formula is C17H20Cl2N4O2. The van der Waals surface area contributed by atoms with Gasteiger partial charge < -0.3 is 10.0 Å². The van der Waals surface area contributed by atoms with E-state index in [1.807, 2.05) is 12.3 Å². The molecule has 2 aromatic rings. The number of aliphatic hydroxyl groups excluding tert-OH is 1. The van der Waals surface area contributed by atoms with E-state index in [4.69, 9.17) is 23.2 Å². The SMILES string of the molecule is O=C(c1cccc(Cl)c1Cl)N1CCN(C[C@@H](O)Cn2cccn2)CC1. The third kappa shape index (κ3) is 4.52. The molecular weight excluding hydrogens is 363 g/mol. The lowest BCUT2D eigenvalue weighted by molar-refractivity contribution is 0.0491. The lowest BCUT2D eigenvalue weighted by atomic mass is 10.1. The fourth-order valence-corrected chi connectivity index (χ4v) is 3.33. The lowest BCUT2D eigenvalue weighted by Gasteiger charge is -2.35. The summed E-state index contributed by atoms with van der Waals surface area (Å²) in [6, 6.07) is 6.91. The summed E-state index contributed by atoms with van der Waals surface area (Å²) in [7, 11) is 0. The zero-order chi connectivity index (χ0) is 17.8. The number of amides is 1. The molecule has 0 unspecified atom stereocenters. The van der Waals surface area contributed by atoms with Crippen LogP contribution >= 0.6 is 23.2 Å². The number of carbonyl (C=O) groups excluding carboxylic acids is 1. The summed E-state index contributed by atoms with van der Waals surface area (Å²) in [5, 5.41) is 15.0. The van der Waals surface area contributed by atoms with Crippen LogP contribution in [0.5, 0.6) is 0 Å². The molecule has 1 aliphatic heterocycles. The van der Waals surface area contributed by atoms with Crippen LogP contribution in [0.1, 0.15) is 10.4 Å². The number of halogens is 2. The van der Waals surface area contributed by atoms with E-state index in [-0.39, 0.29) is 5.91 Å². The van der Waals surface area contributed by atoms with Crippen molar-refractivity contribution in [1.82, 2.24) is 19.6 Å². The van der Waals surface area contributed by atoms with Crippen molar-refractivity contribution >= 4 is 29.1 Å². The van der Waals surface area contributed by atoms with Crippen LogP contribution in [0.25, 0.3) is 0 Å². The van der Waals surface area contributed by atoms with Crippen LogP contribution in [-0.4, -0.2) is 69.4 Å². The monoisotopic (exact) mass is 382 g/mol. The van der Waals surface area contributed by atoms with Gasteiger partial charge in [0, 0.05) is 45.1 Å².